The van der Waals surface area contributed by atoms with Gasteiger partial charge in [-0.2, -0.15) is 0 Å². The Labute approximate surface area is 166 Å². The Kier molecular flexibility index (Phi) is 14.0. The average molecular weight is 405 g/mol. The number of aliphatic hydroxyl groups is 1. The number of nitrogens with one attached hydrogen (secondary N) is 1. The van der Waals surface area contributed by atoms with E-state index in [1.807, 2.05) is 27.7 Å². The number of rotatable bonds is 15. The first-order valence-corrected chi connectivity index (χ1v) is 9.63. The van der Waals surface area contributed by atoms with Crippen LogP contribution in [0.3, 0.4) is 0 Å². The van der Waals surface area contributed by atoms with Crippen molar-refractivity contribution in [1.29, 1.82) is 0 Å². The van der Waals surface area contributed by atoms with Gasteiger partial charge in [-0.3, -0.25) is 9.59 Å². The molecular weight excluding hydrogens is 370 g/mol. The van der Waals surface area contributed by atoms with Gasteiger partial charge in [0.25, 0.3) is 0 Å². The molecule has 0 aromatic rings. The van der Waals surface area contributed by atoms with Gasteiger partial charge in [0.2, 0.25) is 11.8 Å². The maximum Gasteiger partial charge on any atom is 0.404 e. The summed E-state index contributed by atoms with van der Waals surface area (Å²) in [6.07, 6.45) is -0.890. The number of nitrogens with zero attached hydrogens (tertiary/aromatic N) is 1. The van der Waals surface area contributed by atoms with E-state index >= 15 is 0 Å². The molecule has 0 saturated carbocycles. The molecule has 0 rings (SSSR count). The van der Waals surface area contributed by atoms with Gasteiger partial charge in [0.05, 0.1) is 19.6 Å². The molecule has 0 bridgehead atoms. The predicted molar refractivity (Wildman–Crippen MR) is 102 cm³/mol. The molecule has 10 nitrogen and oxygen atoms in total. The minimum atomic E-state index is -1.12. The number of ether oxygens (including phenoxy) is 3. The molecule has 0 saturated heterocycles. The molecular formula is C18H35N3O7. The molecule has 0 radical (unpaired) electrons. The number of nitrogens with two attached hydrogens (primary N) is 1. The molecule has 0 aromatic carbocycles. The third-order valence-electron chi connectivity index (χ3n) is 4.00. The number of hydrogen-bond acceptors (Lipinski definition) is 7. The summed E-state index contributed by atoms with van der Waals surface area (Å²) in [6.45, 7) is 8.38. The van der Waals surface area contributed by atoms with Crippen LogP contribution in [0.1, 0.15) is 40.5 Å². The summed E-state index contributed by atoms with van der Waals surface area (Å²) in [5.74, 6) is -0.758. The van der Waals surface area contributed by atoms with Gasteiger partial charge in [-0.1, -0.05) is 20.3 Å². The molecule has 2 atom stereocenters. The Bertz CT molecular complexity index is 470. The van der Waals surface area contributed by atoms with Gasteiger partial charge in [-0.25, -0.2) is 4.79 Å². The minimum Gasteiger partial charge on any atom is -0.449 e. The fourth-order valence-electron chi connectivity index (χ4n) is 2.38. The van der Waals surface area contributed by atoms with Crippen molar-refractivity contribution in [3.05, 3.63) is 0 Å². The van der Waals surface area contributed by atoms with Crippen molar-refractivity contribution in [2.24, 2.45) is 11.7 Å². The largest absolute Gasteiger partial charge is 0.449 e. The van der Waals surface area contributed by atoms with E-state index in [1.54, 1.807) is 0 Å². The van der Waals surface area contributed by atoms with E-state index in [1.165, 1.54) is 4.90 Å². The molecule has 0 aliphatic heterocycles. The molecule has 2 unspecified atom stereocenters. The first kappa shape index (κ1) is 26.1. The summed E-state index contributed by atoms with van der Waals surface area (Å²) in [5, 5.41) is 12.1. The standard InChI is InChI=1S/C18H35N3O7/c1-5-13(4)10-21(11-16(26-6-2)27-7-3)17(24)14(12-22)20-15(23)8-9-28-18(19)25/h13-14,16,22H,5-12H2,1-4H3,(H2,19,25)(H,20,23). The molecule has 10 heteroatoms. The van der Waals surface area contributed by atoms with Crippen LogP contribution in [0.25, 0.3) is 0 Å². The first-order chi connectivity index (χ1) is 13.3. The second kappa shape index (κ2) is 15.1. The van der Waals surface area contributed by atoms with Crippen LogP contribution in [0.5, 0.6) is 0 Å². The highest BCUT2D eigenvalue weighted by atomic mass is 16.7. The van der Waals surface area contributed by atoms with E-state index in [2.05, 4.69) is 10.1 Å². The Hall–Kier alpha value is -1.91. The Morgan fingerprint density at radius 2 is 1.71 bits per heavy atom. The van der Waals surface area contributed by atoms with E-state index in [0.717, 1.165) is 6.42 Å². The highest BCUT2D eigenvalue weighted by Gasteiger charge is 2.28. The lowest BCUT2D eigenvalue weighted by Gasteiger charge is -2.32. The van der Waals surface area contributed by atoms with Crippen molar-refractivity contribution >= 4 is 17.9 Å². The smallest absolute Gasteiger partial charge is 0.404 e. The summed E-state index contributed by atoms with van der Waals surface area (Å²) in [6, 6.07) is -1.12. The predicted octanol–water partition coefficient (Wildman–Crippen LogP) is 0.223. The summed E-state index contributed by atoms with van der Waals surface area (Å²) in [7, 11) is 0. The second-order valence-electron chi connectivity index (χ2n) is 6.32. The van der Waals surface area contributed by atoms with E-state index in [-0.39, 0.29) is 25.5 Å². The highest BCUT2D eigenvalue weighted by Crippen LogP contribution is 2.10. The van der Waals surface area contributed by atoms with Crippen molar-refractivity contribution in [2.75, 3.05) is 39.5 Å². The van der Waals surface area contributed by atoms with E-state index in [4.69, 9.17) is 15.2 Å². The molecule has 0 fully saturated rings. The van der Waals surface area contributed by atoms with Crippen LogP contribution in [0.2, 0.25) is 0 Å². The zero-order valence-corrected chi connectivity index (χ0v) is 17.3. The van der Waals surface area contributed by atoms with Gasteiger partial charge in [0, 0.05) is 19.8 Å². The maximum absolute atomic E-state index is 12.9. The van der Waals surface area contributed by atoms with Crippen molar-refractivity contribution < 1.29 is 33.7 Å². The summed E-state index contributed by atoms with van der Waals surface area (Å²) < 4.78 is 15.5. The molecule has 4 N–H and O–H groups in total. The zero-order valence-electron chi connectivity index (χ0n) is 17.3. The lowest BCUT2D eigenvalue weighted by molar-refractivity contribution is -0.161. The van der Waals surface area contributed by atoms with E-state index in [0.29, 0.717) is 19.8 Å². The summed E-state index contributed by atoms with van der Waals surface area (Å²) in [4.78, 5) is 36.9. The molecule has 0 spiro atoms. The number of carbonyl (C=O) groups is 3. The topological polar surface area (TPSA) is 140 Å². The maximum atomic E-state index is 12.9. The van der Waals surface area contributed by atoms with E-state index < -0.39 is 36.8 Å². The molecule has 0 aliphatic carbocycles. The second-order valence-corrected chi connectivity index (χ2v) is 6.32. The summed E-state index contributed by atoms with van der Waals surface area (Å²) in [5.41, 5.74) is 4.83. The number of amides is 3. The molecule has 3 amide bonds. The fraction of sp³-hybridized carbons (Fsp3) is 0.833. The first-order valence-electron chi connectivity index (χ1n) is 9.63. The van der Waals surface area contributed by atoms with E-state index in [9.17, 15) is 19.5 Å². The normalized spacial score (nSPS) is 13.1. The van der Waals surface area contributed by atoms with Gasteiger partial charge in [-0.15, -0.1) is 0 Å². The van der Waals surface area contributed by atoms with Gasteiger partial charge >= 0.3 is 6.09 Å². The van der Waals surface area contributed by atoms with Gasteiger partial charge in [-0.05, 0) is 19.8 Å². The SMILES string of the molecule is CCOC(CN(CC(C)CC)C(=O)C(CO)NC(=O)CCOC(N)=O)OCC. The fourth-order valence-corrected chi connectivity index (χ4v) is 2.38. The Morgan fingerprint density at radius 3 is 2.18 bits per heavy atom. The number of primary amides is 1. The quantitative estimate of drug-likeness (QED) is 0.331. The molecule has 164 valence electrons. The van der Waals surface area contributed by atoms with Crippen LogP contribution in [0.4, 0.5) is 4.79 Å². The van der Waals surface area contributed by atoms with Crippen molar-refractivity contribution in [3.63, 3.8) is 0 Å². The zero-order chi connectivity index (χ0) is 21.5. The third-order valence-corrected chi connectivity index (χ3v) is 4.00. The molecule has 0 heterocycles. The van der Waals surface area contributed by atoms with Crippen molar-refractivity contribution in [3.8, 4) is 0 Å². The van der Waals surface area contributed by atoms with Gasteiger partial charge in [0.1, 0.15) is 12.6 Å². The van der Waals surface area contributed by atoms with Gasteiger partial charge < -0.3 is 35.3 Å². The van der Waals surface area contributed by atoms with Crippen molar-refractivity contribution in [2.45, 2.75) is 52.9 Å². The summed E-state index contributed by atoms with van der Waals surface area (Å²) >= 11 is 0. The van der Waals surface area contributed by atoms with Crippen LogP contribution < -0.4 is 11.1 Å². The third kappa shape index (κ3) is 11.1. The molecule has 0 aromatic heterocycles. The lowest BCUT2D eigenvalue weighted by Crippen LogP contribution is -2.53. The minimum absolute atomic E-state index is 0.168. The van der Waals surface area contributed by atoms with Crippen LogP contribution in [-0.4, -0.2) is 79.8 Å². The Balaban J connectivity index is 5.06. The van der Waals surface area contributed by atoms with Crippen LogP contribution >= 0.6 is 0 Å². The van der Waals surface area contributed by atoms with Crippen molar-refractivity contribution in [1.82, 2.24) is 10.2 Å². The highest BCUT2D eigenvalue weighted by molar-refractivity contribution is 5.88. The van der Waals surface area contributed by atoms with Crippen LogP contribution in [-0.2, 0) is 23.8 Å². The number of hydrogen-bond donors (Lipinski definition) is 3. The molecule has 0 aliphatic rings. The number of aliphatic hydroxyl groups excluding tert-OH is 1. The number of carbonyl (C=O) groups excluding carboxylic acids is 3. The average Bonchev–Trinajstić information content (AvgIpc) is 2.64. The van der Waals surface area contributed by atoms with Crippen LogP contribution in [0.15, 0.2) is 0 Å². The lowest BCUT2D eigenvalue weighted by atomic mass is 10.1. The van der Waals surface area contributed by atoms with Crippen LogP contribution in [0, 0.1) is 5.92 Å². The van der Waals surface area contributed by atoms with Gasteiger partial charge in [0.15, 0.2) is 6.29 Å². The Morgan fingerprint density at radius 1 is 1.11 bits per heavy atom. The monoisotopic (exact) mass is 405 g/mol. The molecule has 28 heavy (non-hydrogen) atoms.